The number of allylic oxidation sites excluding steroid dienone is 5. The average Bonchev–Trinajstić information content (AvgIpc) is 2.78. The number of hydrogen-bond donors (Lipinski definition) is 0. The quantitative estimate of drug-likeness (QED) is 0.418. The molecule has 120 valence electrons. The highest BCUT2D eigenvalue weighted by Crippen LogP contribution is 2.53. The normalized spacial score (nSPS) is 29.1. The molecule has 0 saturated heterocycles. The van der Waals surface area contributed by atoms with E-state index in [1.807, 2.05) is 19.1 Å². The van der Waals surface area contributed by atoms with E-state index < -0.39 is 0 Å². The molecule has 1 aliphatic heterocycles. The van der Waals surface area contributed by atoms with Crippen molar-refractivity contribution in [3.05, 3.63) is 46.6 Å². The molecule has 1 atom stereocenters. The first kappa shape index (κ1) is 17.0. The van der Waals surface area contributed by atoms with Crippen molar-refractivity contribution >= 4 is 6.29 Å². The van der Waals surface area contributed by atoms with Gasteiger partial charge in [0.05, 0.1) is 12.2 Å². The van der Waals surface area contributed by atoms with Gasteiger partial charge in [-0.3, -0.25) is 4.79 Å². The van der Waals surface area contributed by atoms with E-state index in [0.29, 0.717) is 6.61 Å². The zero-order chi connectivity index (χ0) is 16.4. The first-order valence-corrected chi connectivity index (χ1v) is 8.16. The summed E-state index contributed by atoms with van der Waals surface area (Å²) in [6.45, 7) is 11.7. The Morgan fingerprint density at radius 2 is 1.86 bits per heavy atom. The molecule has 1 aliphatic carbocycles. The van der Waals surface area contributed by atoms with Crippen LogP contribution in [0.1, 0.15) is 53.9 Å². The number of ether oxygens (including phenoxy) is 1. The summed E-state index contributed by atoms with van der Waals surface area (Å²) in [6.07, 6.45) is 12.1. The number of aldehydes is 1. The van der Waals surface area contributed by atoms with E-state index in [4.69, 9.17) is 4.74 Å². The third-order valence-electron chi connectivity index (χ3n) is 5.01. The Morgan fingerprint density at radius 1 is 1.14 bits per heavy atom. The molecule has 2 rings (SSSR count). The highest BCUT2D eigenvalue weighted by molar-refractivity contribution is 5.67. The fourth-order valence-electron chi connectivity index (χ4n) is 3.93. The van der Waals surface area contributed by atoms with Crippen molar-refractivity contribution in [2.24, 2.45) is 5.41 Å². The van der Waals surface area contributed by atoms with Crippen LogP contribution >= 0.6 is 0 Å². The Balaban J connectivity index is 2.32. The molecule has 0 amide bonds. The van der Waals surface area contributed by atoms with E-state index in [9.17, 15) is 4.79 Å². The molecule has 0 radical (unpaired) electrons. The van der Waals surface area contributed by atoms with Crippen LogP contribution in [0.15, 0.2) is 46.6 Å². The monoisotopic (exact) mass is 300 g/mol. The summed E-state index contributed by atoms with van der Waals surface area (Å²) in [7, 11) is 0. The summed E-state index contributed by atoms with van der Waals surface area (Å²) in [5.41, 5.74) is 5.22. The third-order valence-corrected chi connectivity index (χ3v) is 5.01. The summed E-state index contributed by atoms with van der Waals surface area (Å²) in [4.78, 5) is 10.4. The maximum atomic E-state index is 10.4. The molecule has 0 aromatic heterocycles. The van der Waals surface area contributed by atoms with Gasteiger partial charge in [0.15, 0.2) is 0 Å². The van der Waals surface area contributed by atoms with Gasteiger partial charge in [0, 0.05) is 0 Å². The van der Waals surface area contributed by atoms with Gasteiger partial charge in [0.1, 0.15) is 6.29 Å². The van der Waals surface area contributed by atoms with E-state index in [0.717, 1.165) is 18.3 Å². The SMILES string of the molecule is C/C(=C/C=C/C(C)=C/C=O)C1=C2C(C)(C)CCCC2(C)OC1. The first-order chi connectivity index (χ1) is 10.3. The topological polar surface area (TPSA) is 26.3 Å². The van der Waals surface area contributed by atoms with Gasteiger partial charge in [-0.2, -0.15) is 0 Å². The van der Waals surface area contributed by atoms with Gasteiger partial charge in [-0.15, -0.1) is 0 Å². The molecule has 1 saturated carbocycles. The zero-order valence-electron chi connectivity index (χ0n) is 14.5. The van der Waals surface area contributed by atoms with Crippen LogP contribution in [0.25, 0.3) is 0 Å². The van der Waals surface area contributed by atoms with E-state index in [1.165, 1.54) is 29.6 Å². The molecule has 1 heterocycles. The number of carbonyl (C=O) groups is 1. The number of rotatable bonds is 4. The highest BCUT2D eigenvalue weighted by Gasteiger charge is 2.47. The molecule has 0 bridgehead atoms. The predicted molar refractivity (Wildman–Crippen MR) is 91.7 cm³/mol. The van der Waals surface area contributed by atoms with Gasteiger partial charge in [-0.1, -0.05) is 32.1 Å². The van der Waals surface area contributed by atoms with Crippen molar-refractivity contribution in [2.45, 2.75) is 59.5 Å². The molecule has 2 heteroatoms. The second-order valence-electron chi connectivity index (χ2n) is 7.37. The Morgan fingerprint density at radius 3 is 2.55 bits per heavy atom. The first-order valence-electron chi connectivity index (χ1n) is 8.16. The van der Waals surface area contributed by atoms with Crippen LogP contribution in [0.3, 0.4) is 0 Å². The second kappa shape index (κ2) is 6.37. The summed E-state index contributed by atoms with van der Waals surface area (Å²) in [5, 5.41) is 0. The maximum Gasteiger partial charge on any atom is 0.143 e. The largest absolute Gasteiger partial charge is 0.366 e. The summed E-state index contributed by atoms with van der Waals surface area (Å²) >= 11 is 0. The molecule has 1 fully saturated rings. The van der Waals surface area contributed by atoms with Crippen molar-refractivity contribution < 1.29 is 9.53 Å². The summed E-state index contributed by atoms with van der Waals surface area (Å²) < 4.78 is 6.18. The lowest BCUT2D eigenvalue weighted by Gasteiger charge is -2.42. The molecule has 0 N–H and O–H groups in total. The molecule has 1 unspecified atom stereocenters. The van der Waals surface area contributed by atoms with Crippen LogP contribution < -0.4 is 0 Å². The second-order valence-corrected chi connectivity index (χ2v) is 7.37. The van der Waals surface area contributed by atoms with Crippen molar-refractivity contribution in [3.63, 3.8) is 0 Å². The summed E-state index contributed by atoms with van der Waals surface area (Å²) in [5.74, 6) is 0. The van der Waals surface area contributed by atoms with Gasteiger partial charge in [-0.25, -0.2) is 0 Å². The minimum absolute atomic E-state index is 0.0801. The predicted octanol–water partition coefficient (Wildman–Crippen LogP) is 4.93. The van der Waals surface area contributed by atoms with E-state index >= 15 is 0 Å². The Hall–Kier alpha value is -1.41. The van der Waals surface area contributed by atoms with Crippen LogP contribution in [-0.2, 0) is 9.53 Å². The standard InChI is InChI=1S/C20H28O2/c1-15(10-13-21)8-6-9-16(2)17-14-22-20(5)12-7-11-19(3,4)18(17)20/h6,8-10,13H,7,11-12,14H2,1-5H3/b8-6+,15-10+,16-9-. The van der Waals surface area contributed by atoms with Gasteiger partial charge in [0.25, 0.3) is 0 Å². The molecule has 2 aliphatic rings. The Labute approximate surface area is 134 Å². The molecular formula is C20H28O2. The maximum absolute atomic E-state index is 10.4. The van der Waals surface area contributed by atoms with Crippen molar-refractivity contribution in [1.82, 2.24) is 0 Å². The van der Waals surface area contributed by atoms with Gasteiger partial charge < -0.3 is 4.74 Å². The average molecular weight is 300 g/mol. The van der Waals surface area contributed by atoms with Gasteiger partial charge in [0.2, 0.25) is 0 Å². The van der Waals surface area contributed by atoms with Crippen molar-refractivity contribution in [1.29, 1.82) is 0 Å². The zero-order valence-corrected chi connectivity index (χ0v) is 14.5. The van der Waals surface area contributed by atoms with Crippen molar-refractivity contribution in [2.75, 3.05) is 6.61 Å². The Bertz CT molecular complexity index is 573. The minimum Gasteiger partial charge on any atom is -0.366 e. The fourth-order valence-corrected chi connectivity index (χ4v) is 3.93. The van der Waals surface area contributed by atoms with Crippen molar-refractivity contribution in [3.8, 4) is 0 Å². The van der Waals surface area contributed by atoms with Crippen LogP contribution in [0, 0.1) is 5.41 Å². The fraction of sp³-hybridized carbons (Fsp3) is 0.550. The molecule has 0 aromatic rings. The Kier molecular flexibility index (Phi) is 4.91. The van der Waals surface area contributed by atoms with Crippen LogP contribution in [0.5, 0.6) is 0 Å². The number of hydrogen-bond acceptors (Lipinski definition) is 2. The molecule has 2 nitrogen and oxygen atoms in total. The smallest absolute Gasteiger partial charge is 0.143 e. The number of fused-ring (bicyclic) bond motifs is 1. The third kappa shape index (κ3) is 3.33. The minimum atomic E-state index is -0.0801. The summed E-state index contributed by atoms with van der Waals surface area (Å²) in [6, 6.07) is 0. The van der Waals surface area contributed by atoms with Crippen LogP contribution in [0.2, 0.25) is 0 Å². The molecule has 22 heavy (non-hydrogen) atoms. The van der Waals surface area contributed by atoms with Gasteiger partial charge in [-0.05, 0) is 73.8 Å². The van der Waals surface area contributed by atoms with Crippen LogP contribution in [0.4, 0.5) is 0 Å². The highest BCUT2D eigenvalue weighted by atomic mass is 16.5. The van der Waals surface area contributed by atoms with Gasteiger partial charge >= 0.3 is 0 Å². The molecular weight excluding hydrogens is 272 g/mol. The lowest BCUT2D eigenvalue weighted by atomic mass is 9.65. The molecule has 0 spiro atoms. The molecule has 0 aromatic carbocycles. The lowest BCUT2D eigenvalue weighted by molar-refractivity contribution is -0.104. The van der Waals surface area contributed by atoms with E-state index in [-0.39, 0.29) is 11.0 Å². The van der Waals surface area contributed by atoms with E-state index in [2.05, 4.69) is 33.8 Å². The lowest BCUT2D eigenvalue weighted by Crippen LogP contribution is -2.38. The number of carbonyl (C=O) groups excluding carboxylic acids is 1. The van der Waals surface area contributed by atoms with Crippen LogP contribution in [-0.4, -0.2) is 18.5 Å². The van der Waals surface area contributed by atoms with E-state index in [1.54, 1.807) is 6.08 Å².